The molecule has 0 saturated carbocycles. The molecular formula is C15H24N2O2. The third kappa shape index (κ3) is 3.38. The second-order valence-corrected chi connectivity index (χ2v) is 5.57. The van der Waals surface area contributed by atoms with E-state index in [4.69, 9.17) is 9.15 Å². The molecule has 1 atom stereocenters. The summed E-state index contributed by atoms with van der Waals surface area (Å²) in [5.74, 6) is 1.10. The first-order valence-corrected chi connectivity index (χ1v) is 7.52. The van der Waals surface area contributed by atoms with Gasteiger partial charge in [0.2, 0.25) is 0 Å². The third-order valence-corrected chi connectivity index (χ3v) is 4.27. The van der Waals surface area contributed by atoms with Crippen LogP contribution in [0.3, 0.4) is 0 Å². The minimum Gasteiger partial charge on any atom is -0.468 e. The van der Waals surface area contributed by atoms with Crippen molar-refractivity contribution in [2.45, 2.75) is 37.8 Å². The lowest BCUT2D eigenvalue weighted by molar-refractivity contribution is 0.0748. The zero-order valence-corrected chi connectivity index (χ0v) is 11.5. The van der Waals surface area contributed by atoms with Gasteiger partial charge in [0.25, 0.3) is 0 Å². The average molecular weight is 264 g/mol. The minimum atomic E-state index is 0.389. The van der Waals surface area contributed by atoms with Gasteiger partial charge in [0.1, 0.15) is 5.76 Å². The summed E-state index contributed by atoms with van der Waals surface area (Å²) in [6.07, 6.45) is 6.67. The summed E-state index contributed by atoms with van der Waals surface area (Å²) in [6.45, 7) is 5.17. The van der Waals surface area contributed by atoms with Gasteiger partial charge in [0, 0.05) is 25.8 Å². The maximum Gasteiger partial charge on any atom is 0.122 e. The van der Waals surface area contributed by atoms with Crippen molar-refractivity contribution in [2.75, 3.05) is 32.8 Å². The number of nitrogens with zero attached hydrogens (tertiary/aromatic N) is 1. The van der Waals surface area contributed by atoms with Crippen molar-refractivity contribution >= 4 is 0 Å². The molecule has 1 N–H and O–H groups in total. The van der Waals surface area contributed by atoms with Crippen LogP contribution in [0.4, 0.5) is 0 Å². The molecule has 1 aromatic rings. The van der Waals surface area contributed by atoms with E-state index in [9.17, 15) is 0 Å². The van der Waals surface area contributed by atoms with Crippen LogP contribution in [-0.4, -0.2) is 43.8 Å². The third-order valence-electron chi connectivity index (χ3n) is 4.27. The van der Waals surface area contributed by atoms with Crippen LogP contribution >= 0.6 is 0 Å². The molecule has 2 fully saturated rings. The molecule has 0 aliphatic carbocycles. The molecule has 3 heterocycles. The summed E-state index contributed by atoms with van der Waals surface area (Å²) in [7, 11) is 0. The number of rotatable bonds is 5. The van der Waals surface area contributed by atoms with Crippen LogP contribution in [0, 0.1) is 0 Å². The molecular weight excluding hydrogens is 240 g/mol. The summed E-state index contributed by atoms with van der Waals surface area (Å²) in [5, 5.41) is 3.71. The average Bonchev–Trinajstić information content (AvgIpc) is 3.13. The molecule has 2 aliphatic heterocycles. The van der Waals surface area contributed by atoms with E-state index < -0.39 is 0 Å². The van der Waals surface area contributed by atoms with E-state index in [1.54, 1.807) is 6.26 Å². The number of hydrogen-bond donors (Lipinski definition) is 1. The van der Waals surface area contributed by atoms with Crippen molar-refractivity contribution in [1.29, 1.82) is 0 Å². The Bertz CT molecular complexity index is 354. The summed E-state index contributed by atoms with van der Waals surface area (Å²) in [6, 6.07) is 5.09. The van der Waals surface area contributed by atoms with Gasteiger partial charge < -0.3 is 14.5 Å². The molecule has 19 heavy (non-hydrogen) atoms. The van der Waals surface area contributed by atoms with Gasteiger partial charge in [-0.05, 0) is 50.9 Å². The molecule has 4 heteroatoms. The smallest absolute Gasteiger partial charge is 0.122 e. The minimum absolute atomic E-state index is 0.389. The maximum atomic E-state index is 5.64. The quantitative estimate of drug-likeness (QED) is 0.884. The normalized spacial score (nSPS) is 23.8. The molecule has 106 valence electrons. The summed E-state index contributed by atoms with van der Waals surface area (Å²) < 4.78 is 11.1. The van der Waals surface area contributed by atoms with Gasteiger partial charge in [-0.2, -0.15) is 0 Å². The molecule has 0 aromatic carbocycles. The first kappa shape index (κ1) is 13.2. The molecule has 0 spiro atoms. The van der Waals surface area contributed by atoms with E-state index in [0.29, 0.717) is 12.1 Å². The standard InChI is InChI=1S/C15H24N2O2/c1-2-8-17(7-1)14(15-4-3-9-19-15)12-16-13-5-10-18-11-6-13/h3-4,9,13-14,16H,1-2,5-8,10-12H2. The Morgan fingerprint density at radius 1 is 1.26 bits per heavy atom. The zero-order chi connectivity index (χ0) is 12.9. The van der Waals surface area contributed by atoms with E-state index in [1.165, 1.54) is 25.9 Å². The molecule has 0 amide bonds. The fourth-order valence-corrected chi connectivity index (χ4v) is 3.12. The summed E-state index contributed by atoms with van der Waals surface area (Å²) in [4.78, 5) is 2.55. The van der Waals surface area contributed by atoms with Gasteiger partial charge in [-0.25, -0.2) is 0 Å². The van der Waals surface area contributed by atoms with Gasteiger partial charge >= 0.3 is 0 Å². The predicted octanol–water partition coefficient (Wildman–Crippen LogP) is 2.19. The number of likely N-dealkylation sites (tertiary alicyclic amines) is 1. The van der Waals surface area contributed by atoms with Crippen molar-refractivity contribution in [3.8, 4) is 0 Å². The Kier molecular flexibility index (Phi) is 4.53. The van der Waals surface area contributed by atoms with E-state index in [0.717, 1.165) is 38.4 Å². The van der Waals surface area contributed by atoms with Crippen LogP contribution in [0.5, 0.6) is 0 Å². The summed E-state index contributed by atoms with van der Waals surface area (Å²) in [5.41, 5.74) is 0. The zero-order valence-electron chi connectivity index (χ0n) is 11.5. The molecule has 4 nitrogen and oxygen atoms in total. The van der Waals surface area contributed by atoms with E-state index in [2.05, 4.69) is 16.3 Å². The van der Waals surface area contributed by atoms with E-state index >= 15 is 0 Å². The number of hydrogen-bond acceptors (Lipinski definition) is 4. The highest BCUT2D eigenvalue weighted by Gasteiger charge is 2.26. The van der Waals surface area contributed by atoms with Crippen molar-refractivity contribution < 1.29 is 9.15 Å². The molecule has 2 saturated heterocycles. The Morgan fingerprint density at radius 2 is 2.05 bits per heavy atom. The highest BCUT2D eigenvalue weighted by molar-refractivity contribution is 5.06. The second-order valence-electron chi connectivity index (χ2n) is 5.57. The highest BCUT2D eigenvalue weighted by Crippen LogP contribution is 2.25. The maximum absolute atomic E-state index is 5.64. The first-order chi connectivity index (χ1) is 9.43. The fraction of sp³-hybridized carbons (Fsp3) is 0.733. The highest BCUT2D eigenvalue weighted by atomic mass is 16.5. The lowest BCUT2D eigenvalue weighted by Gasteiger charge is -2.29. The van der Waals surface area contributed by atoms with Gasteiger partial charge in [-0.15, -0.1) is 0 Å². The first-order valence-electron chi connectivity index (χ1n) is 7.52. The van der Waals surface area contributed by atoms with Crippen molar-refractivity contribution in [1.82, 2.24) is 10.2 Å². The Hall–Kier alpha value is -0.840. The number of furan rings is 1. The number of nitrogens with one attached hydrogen (secondary N) is 1. The van der Waals surface area contributed by atoms with Crippen molar-refractivity contribution in [2.24, 2.45) is 0 Å². The molecule has 1 aromatic heterocycles. The van der Waals surface area contributed by atoms with Crippen LogP contribution in [-0.2, 0) is 4.74 Å². The largest absolute Gasteiger partial charge is 0.468 e. The second kappa shape index (κ2) is 6.55. The fourth-order valence-electron chi connectivity index (χ4n) is 3.12. The van der Waals surface area contributed by atoms with Gasteiger partial charge in [-0.1, -0.05) is 0 Å². The molecule has 3 rings (SSSR count). The summed E-state index contributed by atoms with van der Waals surface area (Å²) >= 11 is 0. The van der Waals surface area contributed by atoms with E-state index in [1.807, 2.05) is 6.07 Å². The Labute approximate surface area is 115 Å². The van der Waals surface area contributed by atoms with Crippen LogP contribution < -0.4 is 5.32 Å². The van der Waals surface area contributed by atoms with E-state index in [-0.39, 0.29) is 0 Å². The number of ether oxygens (including phenoxy) is 1. The van der Waals surface area contributed by atoms with Crippen LogP contribution in [0.2, 0.25) is 0 Å². The van der Waals surface area contributed by atoms with Crippen LogP contribution in [0.1, 0.15) is 37.5 Å². The lowest BCUT2D eigenvalue weighted by atomic mass is 10.1. The molecule has 0 radical (unpaired) electrons. The van der Waals surface area contributed by atoms with Crippen molar-refractivity contribution in [3.05, 3.63) is 24.2 Å². The topological polar surface area (TPSA) is 37.6 Å². The van der Waals surface area contributed by atoms with Gasteiger partial charge in [-0.3, -0.25) is 4.90 Å². The molecule has 0 bridgehead atoms. The lowest BCUT2D eigenvalue weighted by Crippen LogP contribution is -2.41. The van der Waals surface area contributed by atoms with Gasteiger partial charge in [0.05, 0.1) is 12.3 Å². The Balaban J connectivity index is 1.58. The molecule has 2 aliphatic rings. The van der Waals surface area contributed by atoms with Crippen molar-refractivity contribution in [3.63, 3.8) is 0 Å². The monoisotopic (exact) mass is 264 g/mol. The SMILES string of the molecule is c1coc(C(CNC2CCOCC2)N2CCCC2)c1. The van der Waals surface area contributed by atoms with Crippen LogP contribution in [0.25, 0.3) is 0 Å². The Morgan fingerprint density at radius 3 is 2.74 bits per heavy atom. The van der Waals surface area contributed by atoms with Gasteiger partial charge in [0.15, 0.2) is 0 Å². The molecule has 1 unspecified atom stereocenters. The van der Waals surface area contributed by atoms with Crippen LogP contribution in [0.15, 0.2) is 22.8 Å². The predicted molar refractivity (Wildman–Crippen MR) is 74.1 cm³/mol.